The fourth-order valence-corrected chi connectivity index (χ4v) is 8.58. The Morgan fingerprint density at radius 1 is 1.10 bits per heavy atom. The van der Waals surface area contributed by atoms with Gasteiger partial charge < -0.3 is 5.11 Å². The molecular weight excluding hydrogens is 372 g/mol. The van der Waals surface area contributed by atoms with Crippen molar-refractivity contribution in [3.05, 3.63) is 12.2 Å². The number of carbonyl (C=O) groups excluding carboxylic acids is 1. The third-order valence-electron chi connectivity index (χ3n) is 10.2. The first-order valence-electron chi connectivity index (χ1n) is 12.6. The zero-order valence-electron chi connectivity index (χ0n) is 19.5. The first-order valence-corrected chi connectivity index (χ1v) is 12.6. The van der Waals surface area contributed by atoms with Gasteiger partial charge >= 0.3 is 5.97 Å². The molecule has 0 aromatic heterocycles. The van der Waals surface area contributed by atoms with Crippen molar-refractivity contribution in [1.29, 1.82) is 0 Å². The SMILES string of the molecule is CC(C)CCCC(C(=O)O)C1CCC2C3CCC4CC(=O)C=CC4(C)C3CCC12C. The Hall–Kier alpha value is -1.12. The number of aliphatic carboxylic acids is 1. The van der Waals surface area contributed by atoms with Crippen LogP contribution >= 0.6 is 0 Å². The summed E-state index contributed by atoms with van der Waals surface area (Å²) in [4.78, 5) is 24.3. The number of fused-ring (bicyclic) bond motifs is 5. The van der Waals surface area contributed by atoms with Crippen molar-refractivity contribution in [2.24, 2.45) is 52.3 Å². The number of hydrogen-bond donors (Lipinski definition) is 1. The van der Waals surface area contributed by atoms with Crippen LogP contribution < -0.4 is 0 Å². The van der Waals surface area contributed by atoms with E-state index in [1.165, 1.54) is 32.1 Å². The first-order chi connectivity index (χ1) is 14.2. The van der Waals surface area contributed by atoms with Crippen molar-refractivity contribution in [3.8, 4) is 0 Å². The Labute approximate surface area is 183 Å². The molecule has 4 aliphatic carbocycles. The van der Waals surface area contributed by atoms with Crippen molar-refractivity contribution in [3.63, 3.8) is 0 Å². The number of rotatable bonds is 6. The van der Waals surface area contributed by atoms with Crippen LogP contribution in [0.1, 0.15) is 91.9 Å². The normalized spacial score (nSPS) is 43.8. The number of ketones is 1. The van der Waals surface area contributed by atoms with E-state index < -0.39 is 5.97 Å². The van der Waals surface area contributed by atoms with Crippen molar-refractivity contribution >= 4 is 11.8 Å². The van der Waals surface area contributed by atoms with Gasteiger partial charge in [-0.1, -0.05) is 46.6 Å². The van der Waals surface area contributed by atoms with E-state index in [4.69, 9.17) is 0 Å². The summed E-state index contributed by atoms with van der Waals surface area (Å²) in [5, 5.41) is 10.1. The highest BCUT2D eigenvalue weighted by atomic mass is 16.4. The minimum Gasteiger partial charge on any atom is -0.481 e. The first kappa shape index (κ1) is 22.1. The molecule has 0 bridgehead atoms. The Balaban J connectivity index is 1.54. The van der Waals surface area contributed by atoms with Crippen LogP contribution in [-0.4, -0.2) is 16.9 Å². The molecule has 168 valence electrons. The second-order valence-corrected chi connectivity index (χ2v) is 12.0. The zero-order valence-corrected chi connectivity index (χ0v) is 19.5. The summed E-state index contributed by atoms with van der Waals surface area (Å²) in [6.45, 7) is 9.32. The number of allylic oxidation sites excluding steroid dienone is 2. The molecule has 3 fully saturated rings. The van der Waals surface area contributed by atoms with E-state index >= 15 is 0 Å². The lowest BCUT2D eigenvalue weighted by molar-refractivity contribution is -0.148. The lowest BCUT2D eigenvalue weighted by Gasteiger charge is -2.59. The Morgan fingerprint density at radius 3 is 2.57 bits per heavy atom. The highest BCUT2D eigenvalue weighted by Crippen LogP contribution is 2.67. The largest absolute Gasteiger partial charge is 0.481 e. The summed E-state index contributed by atoms with van der Waals surface area (Å²) in [6.07, 6.45) is 15.0. The fraction of sp³-hybridized carbons (Fsp3) is 0.852. The quantitative estimate of drug-likeness (QED) is 0.538. The molecule has 0 amide bonds. The van der Waals surface area contributed by atoms with Crippen LogP contribution in [0, 0.1) is 52.3 Å². The smallest absolute Gasteiger partial charge is 0.306 e. The van der Waals surface area contributed by atoms with Crippen LogP contribution in [0.2, 0.25) is 0 Å². The molecule has 8 atom stereocenters. The van der Waals surface area contributed by atoms with E-state index in [1.54, 1.807) is 0 Å². The molecule has 8 unspecified atom stereocenters. The van der Waals surface area contributed by atoms with E-state index in [1.807, 2.05) is 6.08 Å². The number of carboxylic acid groups (broad SMARTS) is 1. The number of carbonyl (C=O) groups is 2. The minimum atomic E-state index is -0.558. The summed E-state index contributed by atoms with van der Waals surface area (Å²) in [7, 11) is 0. The van der Waals surface area contributed by atoms with Gasteiger partial charge in [-0.3, -0.25) is 9.59 Å². The average Bonchev–Trinajstić information content (AvgIpc) is 3.02. The van der Waals surface area contributed by atoms with Gasteiger partial charge in [-0.25, -0.2) is 0 Å². The van der Waals surface area contributed by atoms with E-state index in [2.05, 4.69) is 33.8 Å². The van der Waals surface area contributed by atoms with Crippen LogP contribution in [0.3, 0.4) is 0 Å². The van der Waals surface area contributed by atoms with Crippen LogP contribution in [0.4, 0.5) is 0 Å². The van der Waals surface area contributed by atoms with Crippen molar-refractivity contribution < 1.29 is 14.7 Å². The van der Waals surface area contributed by atoms with Crippen LogP contribution in [0.15, 0.2) is 12.2 Å². The zero-order chi connectivity index (χ0) is 21.7. The summed E-state index contributed by atoms with van der Waals surface area (Å²) in [5.74, 6) is 3.11. The molecule has 4 rings (SSSR count). The van der Waals surface area contributed by atoms with Crippen LogP contribution in [0.25, 0.3) is 0 Å². The minimum absolute atomic E-state index is 0.166. The monoisotopic (exact) mass is 414 g/mol. The van der Waals surface area contributed by atoms with Gasteiger partial charge in [0.05, 0.1) is 5.92 Å². The van der Waals surface area contributed by atoms with Crippen molar-refractivity contribution in [1.82, 2.24) is 0 Å². The Morgan fingerprint density at radius 2 is 1.87 bits per heavy atom. The maximum atomic E-state index is 12.3. The Bertz CT molecular complexity index is 709. The van der Waals surface area contributed by atoms with E-state index in [0.29, 0.717) is 41.3 Å². The maximum absolute atomic E-state index is 12.3. The second kappa shape index (κ2) is 8.10. The molecule has 0 heterocycles. The molecule has 0 aromatic carbocycles. The molecule has 0 radical (unpaired) electrons. The molecule has 3 saturated carbocycles. The highest BCUT2D eigenvalue weighted by Gasteiger charge is 2.60. The molecule has 0 spiro atoms. The number of hydrogen-bond acceptors (Lipinski definition) is 2. The van der Waals surface area contributed by atoms with Gasteiger partial charge in [0.15, 0.2) is 5.78 Å². The predicted molar refractivity (Wildman–Crippen MR) is 120 cm³/mol. The van der Waals surface area contributed by atoms with E-state index in [9.17, 15) is 14.7 Å². The van der Waals surface area contributed by atoms with Crippen LogP contribution in [0.5, 0.6) is 0 Å². The Kier molecular flexibility index (Phi) is 5.96. The topological polar surface area (TPSA) is 54.4 Å². The molecule has 3 nitrogen and oxygen atoms in total. The van der Waals surface area contributed by atoms with E-state index in [0.717, 1.165) is 32.1 Å². The van der Waals surface area contributed by atoms with Gasteiger partial charge in [0.1, 0.15) is 0 Å². The molecule has 4 aliphatic rings. The van der Waals surface area contributed by atoms with Gasteiger partial charge in [-0.15, -0.1) is 0 Å². The third kappa shape index (κ3) is 3.58. The molecule has 0 aromatic rings. The summed E-state index contributed by atoms with van der Waals surface area (Å²) < 4.78 is 0. The standard InChI is InChI=1S/C27H42O3/c1-17(2)6-5-7-21(25(29)30)23-11-10-22-20-9-8-18-16-19(28)12-14-26(18,3)24(20)13-15-27(22,23)4/h12,14,17-18,20-24H,5-11,13,15-16H2,1-4H3,(H,29,30). The highest BCUT2D eigenvalue weighted by molar-refractivity contribution is 5.91. The lowest BCUT2D eigenvalue weighted by atomic mass is 9.45. The summed E-state index contributed by atoms with van der Waals surface area (Å²) in [5.41, 5.74) is 0.346. The van der Waals surface area contributed by atoms with Gasteiger partial charge in [-0.2, -0.15) is 0 Å². The molecule has 0 saturated heterocycles. The fourth-order valence-electron chi connectivity index (χ4n) is 8.58. The third-order valence-corrected chi connectivity index (χ3v) is 10.2. The average molecular weight is 415 g/mol. The maximum Gasteiger partial charge on any atom is 0.306 e. The predicted octanol–water partition coefficient (Wildman–Crippen LogP) is 6.52. The van der Waals surface area contributed by atoms with Gasteiger partial charge in [0.25, 0.3) is 0 Å². The molecule has 30 heavy (non-hydrogen) atoms. The molecular formula is C27H42O3. The van der Waals surface area contributed by atoms with Gasteiger partial charge in [0, 0.05) is 6.42 Å². The van der Waals surface area contributed by atoms with E-state index in [-0.39, 0.29) is 16.7 Å². The second-order valence-electron chi connectivity index (χ2n) is 12.0. The molecule has 0 aliphatic heterocycles. The van der Waals surface area contributed by atoms with Crippen LogP contribution in [-0.2, 0) is 9.59 Å². The van der Waals surface area contributed by atoms with Gasteiger partial charge in [0.2, 0.25) is 0 Å². The lowest BCUT2D eigenvalue weighted by Crippen LogP contribution is -2.53. The van der Waals surface area contributed by atoms with Gasteiger partial charge in [-0.05, 0) is 97.4 Å². The molecule has 1 N–H and O–H groups in total. The van der Waals surface area contributed by atoms with Crippen molar-refractivity contribution in [2.75, 3.05) is 0 Å². The van der Waals surface area contributed by atoms with Crippen molar-refractivity contribution in [2.45, 2.75) is 91.9 Å². The number of carboxylic acids is 1. The summed E-state index contributed by atoms with van der Waals surface area (Å²) in [6, 6.07) is 0. The molecule has 3 heteroatoms. The summed E-state index contributed by atoms with van der Waals surface area (Å²) >= 11 is 0.